The highest BCUT2D eigenvalue weighted by Gasteiger charge is 2.76. The molecule has 36 heavy (non-hydrogen) atoms. The van der Waals surface area contributed by atoms with Gasteiger partial charge in [0.15, 0.2) is 0 Å². The molecule has 3 aliphatic rings. The number of halogens is 1. The summed E-state index contributed by atoms with van der Waals surface area (Å²) in [6.45, 7) is 15.2. The van der Waals surface area contributed by atoms with Crippen molar-refractivity contribution < 1.29 is 24.2 Å². The summed E-state index contributed by atoms with van der Waals surface area (Å²) in [4.78, 5) is 47.0. The van der Waals surface area contributed by atoms with Crippen LogP contribution in [0.1, 0.15) is 52.9 Å². The molecule has 2 bridgehead atoms. The van der Waals surface area contributed by atoms with Crippen molar-refractivity contribution in [1.29, 1.82) is 0 Å². The van der Waals surface area contributed by atoms with Crippen LogP contribution in [0.4, 0.5) is 0 Å². The van der Waals surface area contributed by atoms with Gasteiger partial charge in [-0.2, -0.15) is 0 Å². The maximum atomic E-state index is 14.2. The minimum absolute atomic E-state index is 0.0332. The number of fused-ring (bicyclic) bond motifs is 1. The Kier molecular flexibility index (Phi) is 9.80. The summed E-state index contributed by atoms with van der Waals surface area (Å²) < 4.78 is 6.60. The van der Waals surface area contributed by atoms with Crippen LogP contribution in [0.3, 0.4) is 0 Å². The summed E-state index contributed by atoms with van der Waals surface area (Å²) in [5.74, 6) is -1.91. The summed E-state index contributed by atoms with van der Waals surface area (Å²) in [7, 11) is 0. The Hall–Kier alpha value is -1.71. The highest BCUT2D eigenvalue weighted by atomic mass is 79.9. The van der Waals surface area contributed by atoms with E-state index in [4.69, 9.17) is 4.74 Å². The second-order valence-corrected chi connectivity index (χ2v) is 11.4. The van der Waals surface area contributed by atoms with E-state index in [2.05, 4.69) is 36.0 Å². The Morgan fingerprint density at radius 1 is 1.25 bits per heavy atom. The van der Waals surface area contributed by atoms with Crippen LogP contribution in [-0.2, 0) is 19.1 Å². The lowest BCUT2D eigenvalue weighted by molar-refractivity contribution is -0.150. The second kappa shape index (κ2) is 12.2. The van der Waals surface area contributed by atoms with Crippen molar-refractivity contribution in [3.8, 4) is 0 Å². The van der Waals surface area contributed by atoms with Gasteiger partial charge in [-0.1, -0.05) is 48.4 Å². The van der Waals surface area contributed by atoms with Crippen molar-refractivity contribution in [2.45, 2.75) is 81.5 Å². The van der Waals surface area contributed by atoms with E-state index in [9.17, 15) is 19.5 Å². The molecule has 3 rings (SSSR count). The van der Waals surface area contributed by atoms with Gasteiger partial charge in [-0.25, -0.2) is 0 Å². The van der Waals surface area contributed by atoms with Gasteiger partial charge in [0.05, 0.1) is 17.9 Å². The zero-order valence-electron chi connectivity index (χ0n) is 21.9. The average molecular weight is 569 g/mol. The number of carbonyl (C=O) groups is 3. The van der Waals surface area contributed by atoms with Crippen LogP contribution < -0.4 is 0 Å². The van der Waals surface area contributed by atoms with Crippen LogP contribution in [0, 0.1) is 11.8 Å². The van der Waals surface area contributed by atoms with Gasteiger partial charge >= 0.3 is 0 Å². The molecule has 3 heterocycles. The molecule has 7 atom stereocenters. The van der Waals surface area contributed by atoms with E-state index in [0.29, 0.717) is 32.5 Å². The third-order valence-corrected chi connectivity index (χ3v) is 8.71. The molecule has 9 heteroatoms. The molecule has 3 aliphatic heterocycles. The van der Waals surface area contributed by atoms with Crippen LogP contribution in [-0.4, -0.2) is 98.9 Å². The van der Waals surface area contributed by atoms with Gasteiger partial charge in [-0.05, 0) is 32.6 Å². The Labute approximate surface area is 223 Å². The summed E-state index contributed by atoms with van der Waals surface area (Å²) in [5.41, 5.74) is -1.08. The third-order valence-electron chi connectivity index (χ3n) is 7.87. The molecule has 0 aromatic rings. The Bertz CT molecular complexity index is 853. The molecule has 202 valence electrons. The summed E-state index contributed by atoms with van der Waals surface area (Å²) >= 11 is 3.73. The second-order valence-electron chi connectivity index (χ2n) is 10.3. The van der Waals surface area contributed by atoms with Crippen LogP contribution in [0.2, 0.25) is 0 Å². The Morgan fingerprint density at radius 3 is 2.53 bits per heavy atom. The van der Waals surface area contributed by atoms with E-state index in [1.165, 1.54) is 0 Å². The quantitative estimate of drug-likeness (QED) is 0.257. The van der Waals surface area contributed by atoms with Gasteiger partial charge < -0.3 is 24.5 Å². The average Bonchev–Trinajstić information content (AvgIpc) is 3.43. The summed E-state index contributed by atoms with van der Waals surface area (Å²) in [5, 5.41) is 9.54. The number of aliphatic hydroxyl groups excluding tert-OH is 1. The van der Waals surface area contributed by atoms with Crippen molar-refractivity contribution in [2.24, 2.45) is 11.8 Å². The fourth-order valence-electron chi connectivity index (χ4n) is 6.46. The molecular weight excluding hydrogens is 526 g/mol. The number of alkyl halides is 1. The molecular formula is C27H42BrN3O5. The normalized spacial score (nSPS) is 31.3. The van der Waals surface area contributed by atoms with E-state index in [-0.39, 0.29) is 41.7 Å². The first-order valence-corrected chi connectivity index (χ1v) is 14.2. The smallest absolute Gasteiger partial charge is 0.248 e. The highest BCUT2D eigenvalue weighted by molar-refractivity contribution is 9.09. The SMILES string of the molecule is C=CCN(CCC)C(=O)[C@H]1[C@@H]2OC3(CC2Br)C(C(=O)N(CC=C)C(C)CCC)N(CCCO)C(=O)[C@H]13. The maximum Gasteiger partial charge on any atom is 0.248 e. The number of ether oxygens (including phenoxy) is 1. The maximum absolute atomic E-state index is 14.2. The lowest BCUT2D eigenvalue weighted by Crippen LogP contribution is -2.58. The molecule has 4 unspecified atom stereocenters. The standard InChI is InChI=1S/C27H42BrN3O5/c1-6-11-18(5)30(14-9-4)26(35)23-27-17-19(28)22(36-27)20(24(33)29(12-7-2)13-8-3)21(27)25(34)31(23)15-10-16-32/h7,9,18-23,32H,2,4,6,8,10-17H2,1,3,5H3/t18?,19?,20-,21+,22-,23?,27?/m1/s1. The minimum Gasteiger partial charge on any atom is -0.396 e. The van der Waals surface area contributed by atoms with E-state index in [0.717, 1.165) is 19.3 Å². The highest BCUT2D eigenvalue weighted by Crippen LogP contribution is 2.60. The first-order chi connectivity index (χ1) is 17.2. The van der Waals surface area contributed by atoms with Gasteiger partial charge in [-0.15, -0.1) is 13.2 Å². The van der Waals surface area contributed by atoms with Crippen molar-refractivity contribution in [3.05, 3.63) is 25.3 Å². The molecule has 0 aromatic heterocycles. The first-order valence-electron chi connectivity index (χ1n) is 13.3. The largest absolute Gasteiger partial charge is 0.396 e. The van der Waals surface area contributed by atoms with Gasteiger partial charge in [0.1, 0.15) is 11.6 Å². The number of aliphatic hydroxyl groups is 1. The van der Waals surface area contributed by atoms with E-state index in [1.807, 2.05) is 13.8 Å². The fourth-order valence-corrected chi connectivity index (χ4v) is 7.40. The molecule has 0 saturated carbocycles. The number of nitrogens with zero attached hydrogens (tertiary/aromatic N) is 3. The Morgan fingerprint density at radius 2 is 1.94 bits per heavy atom. The Balaban J connectivity index is 2.06. The minimum atomic E-state index is -1.08. The lowest BCUT2D eigenvalue weighted by Gasteiger charge is -2.39. The number of likely N-dealkylation sites (tertiary alicyclic amines) is 1. The predicted molar refractivity (Wildman–Crippen MR) is 142 cm³/mol. The van der Waals surface area contributed by atoms with Gasteiger partial charge in [-0.3, -0.25) is 14.4 Å². The molecule has 1 spiro atoms. The van der Waals surface area contributed by atoms with E-state index < -0.39 is 29.6 Å². The zero-order valence-corrected chi connectivity index (χ0v) is 23.5. The topological polar surface area (TPSA) is 90.4 Å². The van der Waals surface area contributed by atoms with Crippen LogP contribution in [0.15, 0.2) is 25.3 Å². The number of hydrogen-bond acceptors (Lipinski definition) is 5. The molecule has 1 N–H and O–H groups in total. The monoisotopic (exact) mass is 567 g/mol. The van der Waals surface area contributed by atoms with Gasteiger partial charge in [0.25, 0.3) is 0 Å². The summed E-state index contributed by atoms with van der Waals surface area (Å²) in [6.07, 6.45) is 6.28. The molecule has 0 radical (unpaired) electrons. The number of rotatable bonds is 14. The summed E-state index contributed by atoms with van der Waals surface area (Å²) in [6, 6.07) is -0.878. The van der Waals surface area contributed by atoms with Crippen LogP contribution in [0.25, 0.3) is 0 Å². The lowest BCUT2D eigenvalue weighted by atomic mass is 9.70. The molecule has 3 fully saturated rings. The molecule has 0 aromatic carbocycles. The molecule has 3 amide bonds. The van der Waals surface area contributed by atoms with Gasteiger partial charge in [0, 0.05) is 43.7 Å². The van der Waals surface area contributed by atoms with E-state index in [1.54, 1.807) is 26.9 Å². The van der Waals surface area contributed by atoms with Crippen LogP contribution in [0.5, 0.6) is 0 Å². The molecule has 3 saturated heterocycles. The van der Waals surface area contributed by atoms with Crippen LogP contribution >= 0.6 is 15.9 Å². The predicted octanol–water partition coefficient (Wildman–Crippen LogP) is 2.74. The zero-order chi connectivity index (χ0) is 26.6. The number of amides is 3. The van der Waals surface area contributed by atoms with E-state index >= 15 is 0 Å². The third kappa shape index (κ3) is 4.90. The van der Waals surface area contributed by atoms with Crippen molar-refractivity contribution in [3.63, 3.8) is 0 Å². The molecule has 0 aliphatic carbocycles. The fraction of sp³-hybridized carbons (Fsp3) is 0.741. The van der Waals surface area contributed by atoms with Crippen molar-refractivity contribution >= 4 is 33.7 Å². The molecule has 8 nitrogen and oxygen atoms in total. The number of carbonyl (C=O) groups excluding carboxylic acids is 3. The van der Waals surface area contributed by atoms with Crippen molar-refractivity contribution in [1.82, 2.24) is 14.7 Å². The number of hydrogen-bond donors (Lipinski definition) is 1. The van der Waals surface area contributed by atoms with Crippen molar-refractivity contribution in [2.75, 3.05) is 32.8 Å². The van der Waals surface area contributed by atoms with Gasteiger partial charge in [0.2, 0.25) is 17.7 Å². The first kappa shape index (κ1) is 28.9.